The van der Waals surface area contributed by atoms with Crippen LogP contribution in [0.3, 0.4) is 0 Å². The summed E-state index contributed by atoms with van der Waals surface area (Å²) in [5.41, 5.74) is -0.275. The fraction of sp³-hybridized carbons (Fsp3) is 0.545. The van der Waals surface area contributed by atoms with Gasteiger partial charge in [-0.05, 0) is 13.3 Å². The van der Waals surface area contributed by atoms with Gasteiger partial charge in [-0.2, -0.15) is 4.98 Å². The minimum atomic E-state index is -0.646. The third kappa shape index (κ3) is 4.04. The molecule has 3 N–H and O–H groups in total. The zero-order chi connectivity index (χ0) is 15.1. The first-order valence-electron chi connectivity index (χ1n) is 6.23. The van der Waals surface area contributed by atoms with E-state index >= 15 is 0 Å². The maximum Gasteiger partial charge on any atom is 0.329 e. The number of amides is 1. The highest BCUT2D eigenvalue weighted by Crippen LogP contribution is 2.22. The molecule has 0 aromatic carbocycles. The number of rotatable bonds is 7. The molecule has 0 aliphatic carbocycles. The number of aromatic nitrogens is 2. The molecule has 0 bridgehead atoms. The monoisotopic (exact) mass is 282 g/mol. The predicted molar refractivity (Wildman–Crippen MR) is 74.6 cm³/mol. The number of hydrogen-bond donors (Lipinski definition) is 3. The highest BCUT2D eigenvalue weighted by atomic mass is 16.6. The molecule has 0 spiro atoms. The smallest absolute Gasteiger partial charge is 0.329 e. The van der Waals surface area contributed by atoms with Crippen LogP contribution in [0.15, 0.2) is 6.20 Å². The van der Waals surface area contributed by atoms with Crippen LogP contribution in [0.25, 0.3) is 0 Å². The van der Waals surface area contributed by atoms with Crippen molar-refractivity contribution >= 4 is 23.4 Å². The molecule has 0 radical (unpaired) electrons. The van der Waals surface area contributed by atoms with Crippen molar-refractivity contribution in [1.82, 2.24) is 15.3 Å². The Balaban J connectivity index is 2.99. The Kier molecular flexibility index (Phi) is 5.63. The van der Waals surface area contributed by atoms with E-state index in [1.54, 1.807) is 6.92 Å². The van der Waals surface area contributed by atoms with Gasteiger partial charge in [-0.25, -0.2) is 4.98 Å². The van der Waals surface area contributed by atoms with Gasteiger partial charge in [-0.1, -0.05) is 6.92 Å². The zero-order valence-electron chi connectivity index (χ0n) is 11.6. The molecule has 1 heterocycles. The Morgan fingerprint density at radius 3 is 2.80 bits per heavy atom. The maximum absolute atomic E-state index is 11.5. The number of anilines is 2. The van der Waals surface area contributed by atoms with Crippen molar-refractivity contribution in [3.63, 3.8) is 0 Å². The summed E-state index contributed by atoms with van der Waals surface area (Å²) < 4.78 is 0. The van der Waals surface area contributed by atoms with Crippen LogP contribution in [-0.2, 0) is 4.79 Å². The summed E-state index contributed by atoms with van der Waals surface area (Å²) in [6.07, 6.45) is 1.99. The molecule has 110 valence electrons. The SMILES string of the molecule is CCCNc1ncc([N+](=O)[O-])c(NC(C)C(=O)NC)n1. The zero-order valence-corrected chi connectivity index (χ0v) is 11.6. The average molecular weight is 282 g/mol. The minimum Gasteiger partial charge on any atom is -0.357 e. The Morgan fingerprint density at radius 1 is 1.55 bits per heavy atom. The number of nitro groups is 1. The van der Waals surface area contributed by atoms with Crippen molar-refractivity contribution in [3.8, 4) is 0 Å². The first-order chi connectivity index (χ1) is 9.49. The number of likely N-dealkylation sites (N-methyl/N-ethyl adjacent to an activating group) is 1. The van der Waals surface area contributed by atoms with Gasteiger partial charge in [0.1, 0.15) is 12.2 Å². The van der Waals surface area contributed by atoms with Gasteiger partial charge in [0.15, 0.2) is 0 Å². The van der Waals surface area contributed by atoms with Crippen LogP contribution in [0.1, 0.15) is 20.3 Å². The van der Waals surface area contributed by atoms with Crippen LogP contribution in [0.2, 0.25) is 0 Å². The lowest BCUT2D eigenvalue weighted by Crippen LogP contribution is -2.35. The topological polar surface area (TPSA) is 122 Å². The molecule has 9 nitrogen and oxygen atoms in total. The maximum atomic E-state index is 11.5. The molecule has 1 aromatic rings. The van der Waals surface area contributed by atoms with E-state index in [4.69, 9.17) is 0 Å². The van der Waals surface area contributed by atoms with E-state index in [0.717, 1.165) is 12.6 Å². The van der Waals surface area contributed by atoms with Crippen molar-refractivity contribution < 1.29 is 9.72 Å². The molecule has 1 unspecified atom stereocenters. The van der Waals surface area contributed by atoms with Gasteiger partial charge < -0.3 is 16.0 Å². The molecule has 9 heteroatoms. The number of hydrogen-bond acceptors (Lipinski definition) is 7. The van der Waals surface area contributed by atoms with E-state index in [9.17, 15) is 14.9 Å². The third-order valence-corrected chi connectivity index (χ3v) is 2.49. The summed E-state index contributed by atoms with van der Waals surface area (Å²) in [4.78, 5) is 29.7. The van der Waals surface area contributed by atoms with Gasteiger partial charge in [0.05, 0.1) is 4.92 Å². The Hall–Kier alpha value is -2.45. The summed E-state index contributed by atoms with van der Waals surface area (Å²) in [5, 5.41) is 19.0. The van der Waals surface area contributed by atoms with E-state index in [1.165, 1.54) is 7.05 Å². The van der Waals surface area contributed by atoms with E-state index in [2.05, 4.69) is 25.9 Å². The van der Waals surface area contributed by atoms with E-state index in [0.29, 0.717) is 6.54 Å². The standard InChI is InChI=1S/C11H18N6O3/c1-4-5-13-11-14-6-8(17(19)20)9(16-11)15-7(2)10(18)12-3/h6-7H,4-5H2,1-3H3,(H,12,18)(H2,13,14,15,16). The van der Waals surface area contributed by atoms with Gasteiger partial charge in [0, 0.05) is 13.6 Å². The first kappa shape index (κ1) is 15.6. The average Bonchev–Trinajstić information content (AvgIpc) is 2.43. The van der Waals surface area contributed by atoms with Gasteiger partial charge in [-0.15, -0.1) is 0 Å². The fourth-order valence-electron chi connectivity index (χ4n) is 1.42. The van der Waals surface area contributed by atoms with Gasteiger partial charge in [-0.3, -0.25) is 14.9 Å². The highest BCUT2D eigenvalue weighted by Gasteiger charge is 2.21. The predicted octanol–water partition coefficient (Wildman–Crippen LogP) is 0.753. The van der Waals surface area contributed by atoms with Crippen LogP contribution in [0, 0.1) is 10.1 Å². The van der Waals surface area contributed by atoms with Crippen LogP contribution in [0.4, 0.5) is 17.5 Å². The summed E-state index contributed by atoms with van der Waals surface area (Å²) in [7, 11) is 1.49. The van der Waals surface area contributed by atoms with Crippen molar-refractivity contribution in [2.24, 2.45) is 0 Å². The van der Waals surface area contributed by atoms with Crippen LogP contribution < -0.4 is 16.0 Å². The second kappa shape index (κ2) is 7.22. The van der Waals surface area contributed by atoms with Gasteiger partial charge in [0.25, 0.3) is 0 Å². The first-order valence-corrected chi connectivity index (χ1v) is 6.23. The quantitative estimate of drug-likeness (QED) is 0.498. The molecule has 20 heavy (non-hydrogen) atoms. The van der Waals surface area contributed by atoms with Gasteiger partial charge >= 0.3 is 5.69 Å². The molecule has 0 fully saturated rings. The summed E-state index contributed by atoms with van der Waals surface area (Å²) in [6.45, 7) is 4.22. The molecule has 1 aromatic heterocycles. The molecular weight excluding hydrogens is 264 g/mol. The largest absolute Gasteiger partial charge is 0.357 e. The van der Waals surface area contributed by atoms with Crippen molar-refractivity contribution in [2.75, 3.05) is 24.2 Å². The molecule has 0 aliphatic rings. The third-order valence-electron chi connectivity index (χ3n) is 2.49. The summed E-state index contributed by atoms with van der Waals surface area (Å²) >= 11 is 0. The minimum absolute atomic E-state index is 0.0136. The van der Waals surface area contributed by atoms with Crippen LogP contribution in [-0.4, -0.2) is 40.4 Å². The van der Waals surface area contributed by atoms with Crippen LogP contribution in [0.5, 0.6) is 0 Å². The molecule has 1 atom stereocenters. The molecule has 1 amide bonds. The lowest BCUT2D eigenvalue weighted by atomic mass is 10.3. The van der Waals surface area contributed by atoms with E-state index < -0.39 is 11.0 Å². The summed E-state index contributed by atoms with van der Waals surface area (Å²) in [5.74, 6) is 0.00439. The molecular formula is C11H18N6O3. The van der Waals surface area contributed by atoms with E-state index in [1.807, 2.05) is 6.92 Å². The number of carbonyl (C=O) groups is 1. The van der Waals surface area contributed by atoms with E-state index in [-0.39, 0.29) is 23.4 Å². The fourth-order valence-corrected chi connectivity index (χ4v) is 1.42. The van der Waals surface area contributed by atoms with Crippen LogP contribution >= 0.6 is 0 Å². The second-order valence-electron chi connectivity index (χ2n) is 4.09. The summed E-state index contributed by atoms with van der Waals surface area (Å²) in [6, 6.07) is -0.646. The second-order valence-corrected chi connectivity index (χ2v) is 4.09. The lowest BCUT2D eigenvalue weighted by molar-refractivity contribution is -0.384. The molecule has 0 saturated heterocycles. The number of nitrogens with zero attached hydrogens (tertiary/aromatic N) is 3. The highest BCUT2D eigenvalue weighted by molar-refractivity contribution is 5.84. The molecule has 1 rings (SSSR count). The molecule has 0 aliphatic heterocycles. The normalized spacial score (nSPS) is 11.6. The van der Waals surface area contributed by atoms with Crippen molar-refractivity contribution in [1.29, 1.82) is 0 Å². The molecule has 0 saturated carbocycles. The van der Waals surface area contributed by atoms with Gasteiger partial charge in [0.2, 0.25) is 17.7 Å². The number of nitrogens with one attached hydrogen (secondary N) is 3. The number of carbonyl (C=O) groups excluding carboxylic acids is 1. The van der Waals surface area contributed by atoms with Crippen molar-refractivity contribution in [3.05, 3.63) is 16.3 Å². The Labute approximate surface area is 116 Å². The lowest BCUT2D eigenvalue weighted by Gasteiger charge is -2.13. The Bertz CT molecular complexity index is 493. The Morgan fingerprint density at radius 2 is 2.25 bits per heavy atom. The van der Waals surface area contributed by atoms with Crippen molar-refractivity contribution in [2.45, 2.75) is 26.3 Å².